The summed E-state index contributed by atoms with van der Waals surface area (Å²) in [7, 11) is 0. The molecule has 2 aliphatic rings. The Kier molecular flexibility index (Phi) is 6.91. The van der Waals surface area contributed by atoms with Crippen LogP contribution in [0.5, 0.6) is 0 Å². The van der Waals surface area contributed by atoms with Gasteiger partial charge in [0.25, 0.3) is 0 Å². The second kappa shape index (κ2) is 9.87. The highest BCUT2D eigenvalue weighted by Gasteiger charge is 2.35. The number of nitrogens with zero attached hydrogens (tertiary/aromatic N) is 1. The minimum absolute atomic E-state index is 0.0141. The summed E-state index contributed by atoms with van der Waals surface area (Å²) in [5.41, 5.74) is 4.10. The third-order valence-electron chi connectivity index (χ3n) is 6.79. The molecule has 1 heterocycles. The number of alkyl carbamates (subject to hydrolysis) is 1. The van der Waals surface area contributed by atoms with Crippen molar-refractivity contribution in [1.29, 1.82) is 0 Å². The number of rotatable bonds is 7. The number of amides is 2. The Balaban J connectivity index is 1.31. The molecule has 2 N–H and O–H groups in total. The number of fused-ring (bicyclic) bond motifs is 3. The van der Waals surface area contributed by atoms with Crippen LogP contribution < -0.4 is 5.32 Å². The van der Waals surface area contributed by atoms with Gasteiger partial charge in [0.05, 0.1) is 0 Å². The van der Waals surface area contributed by atoms with E-state index in [0.717, 1.165) is 24.0 Å². The topological polar surface area (TPSA) is 95.9 Å². The Bertz CT molecular complexity index is 1030. The van der Waals surface area contributed by atoms with Crippen LogP contribution in [0.1, 0.15) is 56.6 Å². The van der Waals surface area contributed by atoms with Gasteiger partial charge in [-0.3, -0.25) is 4.79 Å². The van der Waals surface area contributed by atoms with Crippen molar-refractivity contribution < 1.29 is 24.2 Å². The molecule has 1 atom stereocenters. The van der Waals surface area contributed by atoms with E-state index in [1.54, 1.807) is 0 Å². The number of hydrogen-bond donors (Lipinski definition) is 2. The van der Waals surface area contributed by atoms with Crippen molar-refractivity contribution in [1.82, 2.24) is 10.2 Å². The maximum atomic E-state index is 12.8. The van der Waals surface area contributed by atoms with E-state index < -0.39 is 23.5 Å². The molecule has 1 fully saturated rings. The zero-order valence-corrected chi connectivity index (χ0v) is 19.8. The summed E-state index contributed by atoms with van der Waals surface area (Å²) in [5.74, 6) is -1.16. The summed E-state index contributed by atoms with van der Waals surface area (Å²) in [6.07, 6.45) is 1.74. The smallest absolute Gasteiger partial charge is 0.407 e. The van der Waals surface area contributed by atoms with Gasteiger partial charge in [0, 0.05) is 25.4 Å². The van der Waals surface area contributed by atoms with Gasteiger partial charge in [0.15, 0.2) is 0 Å². The first-order valence-electron chi connectivity index (χ1n) is 11.9. The van der Waals surface area contributed by atoms with Gasteiger partial charge in [-0.2, -0.15) is 0 Å². The molecule has 0 saturated carbocycles. The van der Waals surface area contributed by atoms with E-state index in [0.29, 0.717) is 13.0 Å². The van der Waals surface area contributed by atoms with Crippen molar-refractivity contribution in [3.05, 3.63) is 59.7 Å². The molecule has 1 aliphatic heterocycles. The van der Waals surface area contributed by atoms with Crippen molar-refractivity contribution in [2.45, 2.75) is 51.5 Å². The number of carbonyl (C=O) groups excluding carboxylic acids is 2. The number of carboxylic acids is 1. The molecular weight excluding hydrogens is 432 g/mol. The Labute approximate surface area is 200 Å². The van der Waals surface area contributed by atoms with E-state index >= 15 is 0 Å². The lowest BCUT2D eigenvalue weighted by molar-refractivity contribution is -0.152. The third kappa shape index (κ3) is 5.08. The number of piperidine rings is 1. The van der Waals surface area contributed by atoms with Gasteiger partial charge in [0.2, 0.25) is 5.91 Å². The standard InChI is InChI=1S/C27H32N2O5/c1-27(2,15-24(30)29-14-8-7-13-23(29)25(31)32)17-28-26(33)34-16-22-20-11-5-3-9-18(20)19-10-4-6-12-21(19)22/h3-6,9-12,22-23H,7-8,13-17H2,1-2H3,(H,28,33)(H,31,32). The first-order chi connectivity index (χ1) is 16.3. The molecule has 34 heavy (non-hydrogen) atoms. The fourth-order valence-electron chi connectivity index (χ4n) is 5.02. The van der Waals surface area contributed by atoms with E-state index in [2.05, 4.69) is 29.6 Å². The first kappa shape index (κ1) is 23.8. The summed E-state index contributed by atoms with van der Waals surface area (Å²) >= 11 is 0. The number of hydrogen-bond acceptors (Lipinski definition) is 4. The minimum Gasteiger partial charge on any atom is -0.480 e. The summed E-state index contributed by atoms with van der Waals surface area (Å²) in [6.45, 7) is 4.71. The molecule has 1 saturated heterocycles. The minimum atomic E-state index is -0.956. The largest absolute Gasteiger partial charge is 0.480 e. The number of carboxylic acid groups (broad SMARTS) is 1. The van der Waals surface area contributed by atoms with Crippen molar-refractivity contribution in [2.24, 2.45) is 5.41 Å². The average molecular weight is 465 g/mol. The zero-order valence-electron chi connectivity index (χ0n) is 19.8. The number of benzene rings is 2. The van der Waals surface area contributed by atoms with Crippen LogP contribution in [0.25, 0.3) is 11.1 Å². The molecule has 0 spiro atoms. The lowest BCUT2D eigenvalue weighted by Gasteiger charge is -2.35. The maximum Gasteiger partial charge on any atom is 0.407 e. The van der Waals surface area contributed by atoms with E-state index in [1.165, 1.54) is 16.0 Å². The lowest BCUT2D eigenvalue weighted by atomic mass is 9.87. The van der Waals surface area contributed by atoms with Crippen LogP contribution in [0.3, 0.4) is 0 Å². The zero-order chi connectivity index (χ0) is 24.3. The van der Waals surface area contributed by atoms with E-state index in [4.69, 9.17) is 4.74 Å². The summed E-state index contributed by atoms with van der Waals surface area (Å²) in [4.78, 5) is 38.3. The Morgan fingerprint density at radius 1 is 1.03 bits per heavy atom. The van der Waals surface area contributed by atoms with Crippen molar-refractivity contribution in [3.63, 3.8) is 0 Å². The van der Waals surface area contributed by atoms with Crippen LogP contribution in [-0.4, -0.2) is 53.7 Å². The number of carbonyl (C=O) groups is 3. The lowest BCUT2D eigenvalue weighted by Crippen LogP contribution is -2.49. The monoisotopic (exact) mass is 464 g/mol. The molecule has 0 radical (unpaired) electrons. The Hall–Kier alpha value is -3.35. The molecule has 0 aromatic heterocycles. The fourth-order valence-corrected chi connectivity index (χ4v) is 5.02. The SMILES string of the molecule is CC(C)(CNC(=O)OCC1c2ccccc2-c2ccccc21)CC(=O)N1CCCCC1C(=O)O. The molecule has 2 aromatic carbocycles. The normalized spacial score (nSPS) is 17.6. The van der Waals surface area contributed by atoms with Crippen LogP contribution in [0.4, 0.5) is 4.79 Å². The van der Waals surface area contributed by atoms with E-state index in [-0.39, 0.29) is 31.4 Å². The predicted octanol–water partition coefficient (Wildman–Crippen LogP) is 4.41. The van der Waals surface area contributed by atoms with E-state index in [1.807, 2.05) is 38.1 Å². The second-order valence-electron chi connectivity index (χ2n) is 9.96. The maximum absolute atomic E-state index is 12.8. The molecule has 7 nitrogen and oxygen atoms in total. The van der Waals surface area contributed by atoms with Crippen molar-refractivity contribution in [2.75, 3.05) is 19.7 Å². The number of ether oxygens (including phenoxy) is 1. The third-order valence-corrected chi connectivity index (χ3v) is 6.79. The molecular formula is C27H32N2O5. The average Bonchev–Trinajstić information content (AvgIpc) is 3.15. The highest BCUT2D eigenvalue weighted by Crippen LogP contribution is 2.44. The molecule has 2 aromatic rings. The molecule has 1 unspecified atom stereocenters. The quantitative estimate of drug-likeness (QED) is 0.633. The number of nitrogens with one attached hydrogen (secondary N) is 1. The number of likely N-dealkylation sites (tertiary alicyclic amines) is 1. The van der Waals surface area contributed by atoms with Crippen LogP contribution in [-0.2, 0) is 14.3 Å². The number of aliphatic carboxylic acids is 1. The van der Waals surface area contributed by atoms with Crippen molar-refractivity contribution in [3.8, 4) is 11.1 Å². The summed E-state index contributed by atoms with van der Waals surface area (Å²) in [6, 6.07) is 15.6. The summed E-state index contributed by atoms with van der Waals surface area (Å²) in [5, 5.41) is 12.2. The molecule has 4 rings (SSSR count). The molecule has 2 amide bonds. The van der Waals surface area contributed by atoms with Crippen molar-refractivity contribution >= 4 is 18.0 Å². The predicted molar refractivity (Wildman–Crippen MR) is 128 cm³/mol. The van der Waals surface area contributed by atoms with Crippen LogP contribution in [0.15, 0.2) is 48.5 Å². The van der Waals surface area contributed by atoms with Crippen LogP contribution in [0.2, 0.25) is 0 Å². The van der Waals surface area contributed by atoms with Gasteiger partial charge in [-0.05, 0) is 46.9 Å². The van der Waals surface area contributed by atoms with Crippen LogP contribution in [0, 0.1) is 5.41 Å². The Morgan fingerprint density at radius 2 is 1.65 bits per heavy atom. The molecule has 1 aliphatic carbocycles. The first-order valence-corrected chi connectivity index (χ1v) is 11.9. The highest BCUT2D eigenvalue weighted by molar-refractivity contribution is 5.84. The molecule has 7 heteroatoms. The van der Waals surface area contributed by atoms with Gasteiger partial charge in [-0.25, -0.2) is 9.59 Å². The van der Waals surface area contributed by atoms with E-state index in [9.17, 15) is 19.5 Å². The van der Waals surface area contributed by atoms with Gasteiger partial charge in [-0.1, -0.05) is 62.4 Å². The van der Waals surface area contributed by atoms with Gasteiger partial charge in [-0.15, -0.1) is 0 Å². The van der Waals surface area contributed by atoms with Gasteiger partial charge >= 0.3 is 12.1 Å². The van der Waals surface area contributed by atoms with Crippen LogP contribution >= 0.6 is 0 Å². The fraction of sp³-hybridized carbons (Fsp3) is 0.444. The Morgan fingerprint density at radius 3 is 2.26 bits per heavy atom. The molecule has 0 bridgehead atoms. The van der Waals surface area contributed by atoms with Gasteiger partial charge in [0.1, 0.15) is 12.6 Å². The molecule has 180 valence electrons. The second-order valence-corrected chi connectivity index (χ2v) is 9.96. The van der Waals surface area contributed by atoms with Gasteiger partial charge < -0.3 is 20.1 Å². The highest BCUT2D eigenvalue weighted by atomic mass is 16.5. The summed E-state index contributed by atoms with van der Waals surface area (Å²) < 4.78 is 5.58.